The second-order valence-electron chi connectivity index (χ2n) is 9.24. The highest BCUT2D eigenvalue weighted by molar-refractivity contribution is 5.88. The van der Waals surface area contributed by atoms with E-state index in [4.69, 9.17) is 28.4 Å². The number of cyclic esters (lactones) is 1. The molecule has 7 heteroatoms. The number of carbonyl (C=O) groups is 1. The van der Waals surface area contributed by atoms with E-state index < -0.39 is 0 Å². The summed E-state index contributed by atoms with van der Waals surface area (Å²) < 4.78 is 33.9. The van der Waals surface area contributed by atoms with Crippen molar-refractivity contribution < 1.29 is 33.2 Å². The largest absolute Gasteiger partial charge is 0.493 e. The lowest BCUT2D eigenvalue weighted by molar-refractivity contribution is -0.141. The Morgan fingerprint density at radius 2 is 1.59 bits per heavy atom. The summed E-state index contributed by atoms with van der Waals surface area (Å²) in [6.07, 6.45) is 0. The Hall–Kier alpha value is -3.35. The normalized spacial score (nSPS) is 23.9. The predicted octanol–water partition coefficient (Wildman–Crippen LogP) is 4.81. The van der Waals surface area contributed by atoms with E-state index in [1.807, 2.05) is 18.2 Å². The molecule has 3 atom stereocenters. The third kappa shape index (κ3) is 3.29. The van der Waals surface area contributed by atoms with Crippen molar-refractivity contribution in [3.8, 4) is 28.7 Å². The number of fused-ring (bicyclic) bond motifs is 3. The van der Waals surface area contributed by atoms with Crippen molar-refractivity contribution in [1.29, 1.82) is 0 Å². The SMILES string of the molecule is COc1cc([C@@H]2c3cc4c(cc3/C(=C(/C)C(C)C)[C@H]3COC(=O)[C@H]23)OCO4)cc(OC)c1OC. The van der Waals surface area contributed by atoms with Crippen molar-refractivity contribution in [2.24, 2.45) is 17.8 Å². The summed E-state index contributed by atoms with van der Waals surface area (Å²) in [7, 11) is 4.76. The molecule has 0 aromatic heterocycles. The van der Waals surface area contributed by atoms with E-state index in [2.05, 4.69) is 26.8 Å². The molecule has 1 aliphatic carbocycles. The summed E-state index contributed by atoms with van der Waals surface area (Å²) in [4.78, 5) is 13.2. The van der Waals surface area contributed by atoms with Gasteiger partial charge in [0.1, 0.15) is 0 Å². The molecule has 0 spiro atoms. The smallest absolute Gasteiger partial charge is 0.310 e. The zero-order chi connectivity index (χ0) is 24.1. The first kappa shape index (κ1) is 22.4. The van der Waals surface area contributed by atoms with Crippen LogP contribution in [0.1, 0.15) is 43.4 Å². The van der Waals surface area contributed by atoms with Gasteiger partial charge < -0.3 is 28.4 Å². The molecule has 2 aromatic rings. The molecular weight excluding hydrogens is 436 g/mol. The van der Waals surface area contributed by atoms with E-state index in [-0.39, 0.29) is 30.5 Å². The summed E-state index contributed by atoms with van der Waals surface area (Å²) in [6, 6.07) is 7.92. The molecule has 0 radical (unpaired) electrons. The summed E-state index contributed by atoms with van der Waals surface area (Å²) in [5, 5.41) is 0. The average Bonchev–Trinajstić information content (AvgIpc) is 3.45. The zero-order valence-electron chi connectivity index (χ0n) is 20.4. The number of ether oxygens (including phenoxy) is 6. The molecule has 0 saturated carbocycles. The van der Waals surface area contributed by atoms with E-state index in [1.54, 1.807) is 21.3 Å². The number of hydrogen-bond donors (Lipinski definition) is 0. The van der Waals surface area contributed by atoms with Crippen molar-refractivity contribution in [3.05, 3.63) is 46.5 Å². The Labute approximate surface area is 199 Å². The van der Waals surface area contributed by atoms with Gasteiger partial charge >= 0.3 is 5.97 Å². The second kappa shape index (κ2) is 8.46. The Balaban J connectivity index is 1.81. The summed E-state index contributed by atoms with van der Waals surface area (Å²) >= 11 is 0. The first-order valence-electron chi connectivity index (χ1n) is 11.5. The number of rotatable bonds is 5. The lowest BCUT2D eigenvalue weighted by Gasteiger charge is -2.37. The fourth-order valence-corrected chi connectivity index (χ4v) is 5.49. The quantitative estimate of drug-likeness (QED) is 0.586. The van der Waals surface area contributed by atoms with Gasteiger partial charge in [-0.3, -0.25) is 4.79 Å². The molecule has 0 amide bonds. The minimum Gasteiger partial charge on any atom is -0.493 e. The molecule has 34 heavy (non-hydrogen) atoms. The minimum absolute atomic E-state index is 0.0631. The van der Waals surface area contributed by atoms with Gasteiger partial charge in [0, 0.05) is 11.8 Å². The Bertz CT molecular complexity index is 1150. The van der Waals surface area contributed by atoms with Crippen molar-refractivity contribution in [2.75, 3.05) is 34.7 Å². The molecule has 2 heterocycles. The highest BCUT2D eigenvalue weighted by Crippen LogP contribution is 2.57. The van der Waals surface area contributed by atoms with E-state index in [0.717, 1.165) is 22.4 Å². The zero-order valence-corrected chi connectivity index (χ0v) is 20.4. The van der Waals surface area contributed by atoms with Crippen LogP contribution in [0.5, 0.6) is 28.7 Å². The van der Waals surface area contributed by atoms with Gasteiger partial charge in [-0.05, 0) is 59.4 Å². The molecule has 1 fully saturated rings. The summed E-state index contributed by atoms with van der Waals surface area (Å²) in [5.74, 6) is 2.42. The van der Waals surface area contributed by atoms with Crippen LogP contribution in [0.3, 0.4) is 0 Å². The van der Waals surface area contributed by atoms with Gasteiger partial charge in [0.25, 0.3) is 0 Å². The van der Waals surface area contributed by atoms with Gasteiger partial charge in [-0.25, -0.2) is 0 Å². The van der Waals surface area contributed by atoms with E-state index in [1.165, 1.54) is 11.1 Å². The molecule has 2 aromatic carbocycles. The third-order valence-electron chi connectivity index (χ3n) is 7.35. The first-order valence-corrected chi connectivity index (χ1v) is 11.5. The van der Waals surface area contributed by atoms with Crippen LogP contribution in [-0.2, 0) is 9.53 Å². The monoisotopic (exact) mass is 466 g/mol. The molecule has 7 nitrogen and oxygen atoms in total. The summed E-state index contributed by atoms with van der Waals surface area (Å²) in [5.41, 5.74) is 5.40. The van der Waals surface area contributed by atoms with Gasteiger partial charge in [-0.15, -0.1) is 0 Å². The molecule has 1 saturated heterocycles. The van der Waals surface area contributed by atoms with E-state index in [9.17, 15) is 4.79 Å². The standard InChI is InChI=1S/C27H30O7/c1-13(2)14(3)23-16-9-19-20(34-12-33-19)10-17(16)24(25-18(23)11-32-27(25)28)15-7-21(29-4)26(31-6)22(8-15)30-5/h7-10,13,18,24-25H,11-12H2,1-6H3/b23-14+/t18-,24-,25+/m1/s1. The van der Waals surface area contributed by atoms with Crippen LogP contribution in [-0.4, -0.2) is 40.7 Å². The Morgan fingerprint density at radius 3 is 2.18 bits per heavy atom. The number of esters is 1. The van der Waals surface area contributed by atoms with Gasteiger partial charge in [0.2, 0.25) is 12.5 Å². The van der Waals surface area contributed by atoms with Gasteiger partial charge in [-0.2, -0.15) is 0 Å². The predicted molar refractivity (Wildman–Crippen MR) is 126 cm³/mol. The fourth-order valence-electron chi connectivity index (χ4n) is 5.49. The lowest BCUT2D eigenvalue weighted by Crippen LogP contribution is -2.31. The van der Waals surface area contributed by atoms with E-state index in [0.29, 0.717) is 35.5 Å². The highest BCUT2D eigenvalue weighted by Gasteiger charge is 2.51. The number of hydrogen-bond acceptors (Lipinski definition) is 7. The van der Waals surface area contributed by atoms with Crippen molar-refractivity contribution in [3.63, 3.8) is 0 Å². The van der Waals surface area contributed by atoms with Crippen LogP contribution in [0.4, 0.5) is 0 Å². The molecule has 5 rings (SSSR count). The van der Waals surface area contributed by atoms with Gasteiger partial charge in [-0.1, -0.05) is 19.4 Å². The number of benzene rings is 2. The maximum atomic E-state index is 13.2. The van der Waals surface area contributed by atoms with Gasteiger partial charge in [0.05, 0.1) is 33.9 Å². The molecule has 0 unspecified atom stereocenters. The van der Waals surface area contributed by atoms with Crippen LogP contribution in [0.15, 0.2) is 29.8 Å². The molecule has 0 bridgehead atoms. The Kier molecular flexibility index (Phi) is 5.58. The van der Waals surface area contributed by atoms with Gasteiger partial charge in [0.15, 0.2) is 23.0 Å². The maximum Gasteiger partial charge on any atom is 0.310 e. The molecule has 0 N–H and O–H groups in total. The minimum atomic E-state index is -0.376. The van der Waals surface area contributed by atoms with Crippen molar-refractivity contribution in [1.82, 2.24) is 0 Å². The topological polar surface area (TPSA) is 72.5 Å². The molecule has 3 aliphatic rings. The Morgan fingerprint density at radius 1 is 0.941 bits per heavy atom. The first-order chi connectivity index (χ1) is 16.4. The molecule has 2 aliphatic heterocycles. The molecular formula is C27H30O7. The lowest BCUT2D eigenvalue weighted by atomic mass is 9.64. The van der Waals surface area contributed by atoms with Crippen LogP contribution >= 0.6 is 0 Å². The highest BCUT2D eigenvalue weighted by atomic mass is 16.7. The maximum absolute atomic E-state index is 13.2. The average molecular weight is 467 g/mol. The number of allylic oxidation sites excluding steroid dienone is 1. The van der Waals surface area contributed by atoms with Crippen LogP contribution in [0.2, 0.25) is 0 Å². The van der Waals surface area contributed by atoms with Crippen molar-refractivity contribution in [2.45, 2.75) is 26.7 Å². The van der Waals surface area contributed by atoms with Crippen LogP contribution in [0, 0.1) is 17.8 Å². The third-order valence-corrected chi connectivity index (χ3v) is 7.35. The second-order valence-corrected chi connectivity index (χ2v) is 9.24. The number of methoxy groups -OCH3 is 3. The summed E-state index contributed by atoms with van der Waals surface area (Å²) in [6.45, 7) is 7.04. The fraction of sp³-hybridized carbons (Fsp3) is 0.444. The van der Waals surface area contributed by atoms with Crippen LogP contribution < -0.4 is 23.7 Å². The van der Waals surface area contributed by atoms with Crippen LogP contribution in [0.25, 0.3) is 5.57 Å². The molecule has 180 valence electrons. The van der Waals surface area contributed by atoms with Crippen molar-refractivity contribution >= 4 is 11.5 Å². The van der Waals surface area contributed by atoms with E-state index >= 15 is 0 Å². The number of carbonyl (C=O) groups excluding carboxylic acids is 1.